The Hall–Kier alpha value is -2.17. The van der Waals surface area contributed by atoms with Gasteiger partial charge >= 0.3 is 0 Å². The molecule has 2 heterocycles. The van der Waals surface area contributed by atoms with Crippen LogP contribution in [0.25, 0.3) is 16.9 Å². The van der Waals surface area contributed by atoms with Crippen LogP contribution in [0.5, 0.6) is 0 Å². The quantitative estimate of drug-likeness (QED) is 0.543. The Kier molecular flexibility index (Phi) is 4.69. The summed E-state index contributed by atoms with van der Waals surface area (Å²) >= 11 is 6.06. The highest BCUT2D eigenvalue weighted by atomic mass is 35.5. The lowest BCUT2D eigenvalue weighted by Crippen LogP contribution is -2.32. The minimum atomic E-state index is -0.212. The summed E-state index contributed by atoms with van der Waals surface area (Å²) in [5.41, 5.74) is 4.61. The Morgan fingerprint density at radius 2 is 1.68 bits per heavy atom. The first kappa shape index (κ1) is 17.9. The fourth-order valence-electron chi connectivity index (χ4n) is 4.64. The Bertz CT molecular complexity index is 990. The molecule has 0 bridgehead atoms. The molecule has 5 heteroatoms. The molecule has 0 amide bonds. The molecule has 3 nitrogen and oxygen atoms in total. The normalized spacial score (nSPS) is 17.8. The van der Waals surface area contributed by atoms with E-state index < -0.39 is 0 Å². The van der Waals surface area contributed by atoms with E-state index in [1.165, 1.54) is 38.2 Å². The van der Waals surface area contributed by atoms with Gasteiger partial charge in [0.25, 0.3) is 0 Å². The number of halogens is 2. The fraction of sp³-hybridized carbons (Fsp3) is 0.348. The van der Waals surface area contributed by atoms with Crippen molar-refractivity contribution in [2.24, 2.45) is 0 Å². The molecule has 5 rings (SSSR count). The van der Waals surface area contributed by atoms with Crippen LogP contribution in [0, 0.1) is 5.82 Å². The maximum Gasteiger partial charge on any atom is 0.132 e. The third-order valence-corrected chi connectivity index (χ3v) is 6.32. The summed E-state index contributed by atoms with van der Waals surface area (Å²) in [6.07, 6.45) is 6.49. The zero-order chi connectivity index (χ0) is 19.1. The maximum absolute atomic E-state index is 14.8. The third kappa shape index (κ3) is 3.15. The van der Waals surface area contributed by atoms with Crippen molar-refractivity contribution in [1.82, 2.24) is 14.7 Å². The largest absolute Gasteiger partial charge is 0.290 e. The van der Waals surface area contributed by atoms with Crippen LogP contribution in [-0.2, 0) is 13.1 Å². The Labute approximate surface area is 169 Å². The third-order valence-electron chi connectivity index (χ3n) is 6.07. The summed E-state index contributed by atoms with van der Waals surface area (Å²) in [7, 11) is 0. The molecule has 28 heavy (non-hydrogen) atoms. The molecule has 0 saturated heterocycles. The minimum Gasteiger partial charge on any atom is -0.290 e. The zero-order valence-corrected chi connectivity index (χ0v) is 16.5. The van der Waals surface area contributed by atoms with Gasteiger partial charge in [-0.05, 0) is 49.2 Å². The molecule has 0 radical (unpaired) electrons. The lowest BCUT2D eigenvalue weighted by Gasteiger charge is -2.30. The molecule has 3 aromatic rings. The van der Waals surface area contributed by atoms with E-state index in [0.717, 1.165) is 35.7 Å². The van der Waals surface area contributed by atoms with Crippen molar-refractivity contribution in [2.75, 3.05) is 0 Å². The van der Waals surface area contributed by atoms with Crippen LogP contribution in [0.1, 0.15) is 43.4 Å². The molecular weight excluding hydrogens is 373 g/mol. The van der Waals surface area contributed by atoms with E-state index in [-0.39, 0.29) is 5.82 Å². The molecular formula is C23H23ClFN3. The van der Waals surface area contributed by atoms with Crippen molar-refractivity contribution in [3.05, 3.63) is 70.6 Å². The molecule has 1 aliphatic heterocycles. The van der Waals surface area contributed by atoms with Crippen molar-refractivity contribution in [3.63, 3.8) is 0 Å². The van der Waals surface area contributed by atoms with Crippen molar-refractivity contribution >= 4 is 11.6 Å². The van der Waals surface area contributed by atoms with Gasteiger partial charge in [0.2, 0.25) is 0 Å². The van der Waals surface area contributed by atoms with Crippen LogP contribution in [0.15, 0.2) is 48.5 Å². The second-order valence-corrected chi connectivity index (χ2v) is 8.28. The lowest BCUT2D eigenvalue weighted by molar-refractivity contribution is 0.155. The van der Waals surface area contributed by atoms with E-state index in [2.05, 4.69) is 4.90 Å². The predicted molar refractivity (Wildman–Crippen MR) is 110 cm³/mol. The van der Waals surface area contributed by atoms with E-state index in [1.54, 1.807) is 6.07 Å². The van der Waals surface area contributed by atoms with Gasteiger partial charge in [-0.15, -0.1) is 0 Å². The van der Waals surface area contributed by atoms with Crippen molar-refractivity contribution in [1.29, 1.82) is 0 Å². The van der Waals surface area contributed by atoms with Crippen molar-refractivity contribution in [3.8, 4) is 16.9 Å². The molecule has 1 saturated carbocycles. The molecule has 144 valence electrons. The zero-order valence-electron chi connectivity index (χ0n) is 15.7. The fourth-order valence-corrected chi connectivity index (χ4v) is 4.77. The number of hydrogen-bond acceptors (Lipinski definition) is 2. The van der Waals surface area contributed by atoms with Crippen LogP contribution in [-0.4, -0.2) is 20.7 Å². The summed E-state index contributed by atoms with van der Waals surface area (Å²) in [4.78, 5) is 2.54. The molecule has 0 atom stereocenters. The molecule has 1 aromatic heterocycles. The van der Waals surface area contributed by atoms with Gasteiger partial charge in [-0.25, -0.2) is 9.07 Å². The van der Waals surface area contributed by atoms with E-state index in [0.29, 0.717) is 16.6 Å². The maximum atomic E-state index is 14.8. The average Bonchev–Trinajstić information content (AvgIpc) is 3.28. The lowest BCUT2D eigenvalue weighted by atomic mass is 9.94. The highest BCUT2D eigenvalue weighted by Gasteiger charge is 2.33. The molecule has 1 aliphatic carbocycles. The number of hydrogen-bond donors (Lipinski definition) is 0. The Balaban J connectivity index is 1.59. The van der Waals surface area contributed by atoms with Crippen LogP contribution >= 0.6 is 11.6 Å². The summed E-state index contributed by atoms with van der Waals surface area (Å²) in [6.45, 7) is 1.69. The second kappa shape index (κ2) is 7.34. The van der Waals surface area contributed by atoms with E-state index in [9.17, 15) is 4.39 Å². The SMILES string of the molecule is Fc1ccccc1-c1c2c(nn1-c1ccc(Cl)cc1)CN(C1CCCCC1)C2. The summed E-state index contributed by atoms with van der Waals surface area (Å²) in [5.74, 6) is -0.212. The van der Waals surface area contributed by atoms with Crippen LogP contribution in [0.2, 0.25) is 5.02 Å². The van der Waals surface area contributed by atoms with Gasteiger partial charge in [0.05, 0.1) is 17.1 Å². The van der Waals surface area contributed by atoms with Gasteiger partial charge in [-0.1, -0.05) is 43.0 Å². The second-order valence-electron chi connectivity index (χ2n) is 7.84. The highest BCUT2D eigenvalue weighted by molar-refractivity contribution is 6.30. The van der Waals surface area contributed by atoms with Gasteiger partial charge < -0.3 is 0 Å². The van der Waals surface area contributed by atoms with Gasteiger partial charge in [-0.3, -0.25) is 4.90 Å². The average molecular weight is 396 g/mol. The summed E-state index contributed by atoms with van der Waals surface area (Å²) in [5, 5.41) is 5.60. The molecule has 2 aliphatic rings. The molecule has 0 N–H and O–H groups in total. The van der Waals surface area contributed by atoms with Gasteiger partial charge in [0.15, 0.2) is 0 Å². The molecule has 2 aromatic carbocycles. The number of nitrogens with zero attached hydrogens (tertiary/aromatic N) is 3. The first-order valence-electron chi connectivity index (χ1n) is 10.1. The van der Waals surface area contributed by atoms with Crippen LogP contribution < -0.4 is 0 Å². The number of fused-ring (bicyclic) bond motifs is 1. The summed E-state index contributed by atoms with van der Waals surface area (Å²) < 4.78 is 16.6. The predicted octanol–water partition coefficient (Wildman–Crippen LogP) is 5.98. The number of aromatic nitrogens is 2. The summed E-state index contributed by atoms with van der Waals surface area (Å²) in [6, 6.07) is 15.2. The number of rotatable bonds is 3. The van der Waals surface area contributed by atoms with Gasteiger partial charge in [-0.2, -0.15) is 5.10 Å². The van der Waals surface area contributed by atoms with Crippen LogP contribution in [0.4, 0.5) is 4.39 Å². The van der Waals surface area contributed by atoms with E-state index in [4.69, 9.17) is 16.7 Å². The standard InChI is InChI=1S/C23H23ClFN3/c24-16-10-12-18(13-11-16)28-23(19-8-4-5-9-21(19)25)20-14-27(15-22(20)26-28)17-6-2-1-3-7-17/h4-5,8-13,17H,1-3,6-7,14-15H2. The Morgan fingerprint density at radius 3 is 2.43 bits per heavy atom. The van der Waals surface area contributed by atoms with Gasteiger partial charge in [0.1, 0.15) is 5.82 Å². The Morgan fingerprint density at radius 1 is 0.929 bits per heavy atom. The highest BCUT2D eigenvalue weighted by Crippen LogP contribution is 2.38. The monoisotopic (exact) mass is 395 g/mol. The molecule has 0 unspecified atom stereocenters. The smallest absolute Gasteiger partial charge is 0.132 e. The van der Waals surface area contributed by atoms with Crippen molar-refractivity contribution in [2.45, 2.75) is 51.2 Å². The van der Waals surface area contributed by atoms with E-state index in [1.807, 2.05) is 41.1 Å². The number of benzene rings is 2. The minimum absolute atomic E-state index is 0.212. The first-order valence-corrected chi connectivity index (χ1v) is 10.4. The van der Waals surface area contributed by atoms with Crippen molar-refractivity contribution < 1.29 is 4.39 Å². The first-order chi connectivity index (χ1) is 13.7. The van der Waals surface area contributed by atoms with Gasteiger partial charge in [0, 0.05) is 35.3 Å². The molecule has 0 spiro atoms. The van der Waals surface area contributed by atoms with Crippen LogP contribution in [0.3, 0.4) is 0 Å². The molecule has 1 fully saturated rings. The van der Waals surface area contributed by atoms with E-state index >= 15 is 0 Å². The topological polar surface area (TPSA) is 21.1 Å².